The second kappa shape index (κ2) is 3.08. The molecule has 0 fully saturated rings. The van der Waals surface area contributed by atoms with E-state index in [1.165, 1.54) is 19.2 Å². The van der Waals surface area contributed by atoms with Crippen molar-refractivity contribution in [3.63, 3.8) is 0 Å². The molecule has 0 aliphatic carbocycles. The minimum absolute atomic E-state index is 0.204. The number of pyridine rings is 1. The third-order valence-electron chi connectivity index (χ3n) is 1.35. The number of nitrogens with one attached hydrogen (secondary N) is 1. The van der Waals surface area contributed by atoms with Gasteiger partial charge in [-0.25, -0.2) is 0 Å². The highest BCUT2D eigenvalue weighted by molar-refractivity contribution is 5.96. The molecule has 0 aliphatic heterocycles. The topological polar surface area (TPSA) is 92.2 Å². The molecule has 0 saturated carbocycles. The molecule has 0 amide bonds. The van der Waals surface area contributed by atoms with Gasteiger partial charge in [0.1, 0.15) is 5.84 Å². The Morgan fingerprint density at radius 1 is 1.67 bits per heavy atom. The maximum absolute atomic E-state index is 9.18. The van der Waals surface area contributed by atoms with E-state index in [1.54, 1.807) is 0 Å². The Kier molecular flexibility index (Phi) is 2.14. The summed E-state index contributed by atoms with van der Waals surface area (Å²) in [6.07, 6.45) is 0. The molecule has 5 nitrogen and oxygen atoms in total. The Bertz CT molecular complexity index is 312. The molecule has 5 heteroatoms. The first kappa shape index (κ1) is 8.32. The summed E-state index contributed by atoms with van der Waals surface area (Å²) in [5.74, 6) is -0.220. The number of amidine groups is 1. The summed E-state index contributed by atoms with van der Waals surface area (Å²) in [5.41, 5.74) is 5.35. The standard InChI is InChI=1S/C7H9N3O2/c1-12-5-3-2-4(6(8)9)7(11)10-5/h2-3H,1H3,(H3,8,9)(H,10,11). The fourth-order valence-corrected chi connectivity index (χ4v) is 0.755. The van der Waals surface area contributed by atoms with E-state index in [0.29, 0.717) is 0 Å². The van der Waals surface area contributed by atoms with Gasteiger partial charge < -0.3 is 15.6 Å². The minimum Gasteiger partial charge on any atom is -0.493 e. The van der Waals surface area contributed by atoms with Gasteiger partial charge in [-0.05, 0) is 6.07 Å². The summed E-state index contributed by atoms with van der Waals surface area (Å²) >= 11 is 0. The highest BCUT2D eigenvalue weighted by atomic mass is 16.5. The SMILES string of the molecule is COc1ccc(C(=N)N)c(O)n1. The van der Waals surface area contributed by atoms with Gasteiger partial charge >= 0.3 is 0 Å². The van der Waals surface area contributed by atoms with Gasteiger partial charge in [-0.2, -0.15) is 4.98 Å². The van der Waals surface area contributed by atoms with Crippen LogP contribution in [0.5, 0.6) is 11.8 Å². The molecule has 0 unspecified atom stereocenters. The Morgan fingerprint density at radius 3 is 2.75 bits per heavy atom. The predicted octanol–water partition coefficient (Wildman–Crippen LogP) is 0.0799. The normalized spacial score (nSPS) is 9.42. The van der Waals surface area contributed by atoms with Crippen molar-refractivity contribution in [2.24, 2.45) is 5.73 Å². The Balaban J connectivity index is 3.12. The van der Waals surface area contributed by atoms with Gasteiger partial charge in [0.25, 0.3) is 0 Å². The number of nitrogen functional groups attached to an aromatic ring is 1. The van der Waals surface area contributed by atoms with Gasteiger partial charge in [0.2, 0.25) is 11.8 Å². The lowest BCUT2D eigenvalue weighted by molar-refractivity contribution is 0.380. The number of nitrogens with zero attached hydrogens (tertiary/aromatic N) is 1. The molecule has 0 aliphatic rings. The Morgan fingerprint density at radius 2 is 2.33 bits per heavy atom. The molecule has 0 radical (unpaired) electrons. The zero-order valence-electron chi connectivity index (χ0n) is 6.53. The lowest BCUT2D eigenvalue weighted by Crippen LogP contribution is -2.11. The average Bonchev–Trinajstić information content (AvgIpc) is 2.03. The monoisotopic (exact) mass is 167 g/mol. The summed E-state index contributed by atoms with van der Waals surface area (Å²) in [7, 11) is 1.44. The van der Waals surface area contributed by atoms with Crippen LogP contribution in [0.4, 0.5) is 0 Å². The molecule has 1 aromatic heterocycles. The first-order valence-electron chi connectivity index (χ1n) is 3.23. The quantitative estimate of drug-likeness (QED) is 0.429. The van der Waals surface area contributed by atoms with Crippen molar-refractivity contribution in [3.8, 4) is 11.8 Å². The molecular weight excluding hydrogens is 158 g/mol. The maximum atomic E-state index is 9.18. The van der Waals surface area contributed by atoms with Crippen molar-refractivity contribution >= 4 is 5.84 Å². The van der Waals surface area contributed by atoms with Crippen molar-refractivity contribution in [1.29, 1.82) is 5.41 Å². The van der Waals surface area contributed by atoms with E-state index in [9.17, 15) is 5.11 Å². The summed E-state index contributed by atoms with van der Waals surface area (Å²) in [6, 6.07) is 3.00. The van der Waals surface area contributed by atoms with Crippen molar-refractivity contribution in [2.45, 2.75) is 0 Å². The maximum Gasteiger partial charge on any atom is 0.225 e. The summed E-state index contributed by atoms with van der Waals surface area (Å²) in [5, 5.41) is 16.2. The third-order valence-corrected chi connectivity index (χ3v) is 1.35. The molecule has 0 spiro atoms. The number of ether oxygens (including phenoxy) is 1. The Hall–Kier alpha value is -1.78. The van der Waals surface area contributed by atoms with E-state index in [-0.39, 0.29) is 23.2 Å². The predicted molar refractivity (Wildman–Crippen MR) is 43.5 cm³/mol. The van der Waals surface area contributed by atoms with Crippen molar-refractivity contribution < 1.29 is 9.84 Å². The Labute approximate surface area is 69.3 Å². The fraction of sp³-hybridized carbons (Fsp3) is 0.143. The molecule has 1 aromatic rings. The van der Waals surface area contributed by atoms with E-state index in [2.05, 4.69) is 4.98 Å². The number of hydrogen-bond acceptors (Lipinski definition) is 4. The second-order valence-electron chi connectivity index (χ2n) is 2.14. The largest absolute Gasteiger partial charge is 0.493 e. The van der Waals surface area contributed by atoms with E-state index < -0.39 is 0 Å². The molecule has 1 rings (SSSR count). The minimum atomic E-state index is -0.290. The second-order valence-corrected chi connectivity index (χ2v) is 2.14. The summed E-state index contributed by atoms with van der Waals surface area (Å²) < 4.78 is 4.75. The average molecular weight is 167 g/mol. The van der Waals surface area contributed by atoms with Gasteiger partial charge in [0, 0.05) is 6.07 Å². The number of nitrogens with two attached hydrogens (primary N) is 1. The van der Waals surface area contributed by atoms with Crippen molar-refractivity contribution in [1.82, 2.24) is 4.98 Å². The first-order valence-corrected chi connectivity index (χ1v) is 3.23. The van der Waals surface area contributed by atoms with Crippen molar-refractivity contribution in [3.05, 3.63) is 17.7 Å². The van der Waals surface area contributed by atoms with Gasteiger partial charge in [-0.1, -0.05) is 0 Å². The molecule has 1 heterocycles. The molecular formula is C7H9N3O2. The van der Waals surface area contributed by atoms with Crippen molar-refractivity contribution in [2.75, 3.05) is 7.11 Å². The zero-order chi connectivity index (χ0) is 9.14. The lowest BCUT2D eigenvalue weighted by atomic mass is 10.2. The molecule has 0 atom stereocenters. The number of methoxy groups -OCH3 is 1. The first-order chi connectivity index (χ1) is 5.65. The van der Waals surface area contributed by atoms with Crippen LogP contribution in [0.2, 0.25) is 0 Å². The molecule has 0 bridgehead atoms. The molecule has 64 valence electrons. The van der Waals surface area contributed by atoms with Crippen LogP contribution in [0, 0.1) is 5.41 Å². The van der Waals surface area contributed by atoms with Crippen LogP contribution < -0.4 is 10.5 Å². The van der Waals surface area contributed by atoms with Crippen LogP contribution in [0.15, 0.2) is 12.1 Å². The van der Waals surface area contributed by atoms with Crippen LogP contribution in [0.1, 0.15) is 5.56 Å². The van der Waals surface area contributed by atoms with Gasteiger partial charge in [0.15, 0.2) is 0 Å². The number of aromatic hydroxyl groups is 1. The highest BCUT2D eigenvalue weighted by Crippen LogP contribution is 2.17. The summed E-state index contributed by atoms with van der Waals surface area (Å²) in [4.78, 5) is 3.63. The molecule has 0 saturated heterocycles. The van der Waals surface area contributed by atoms with Gasteiger partial charge in [0.05, 0.1) is 12.7 Å². The van der Waals surface area contributed by atoms with Crippen LogP contribution in [0.3, 0.4) is 0 Å². The fourth-order valence-electron chi connectivity index (χ4n) is 0.755. The van der Waals surface area contributed by atoms with Crippen LogP contribution in [-0.4, -0.2) is 23.0 Å². The van der Waals surface area contributed by atoms with E-state index in [4.69, 9.17) is 15.9 Å². The zero-order valence-corrected chi connectivity index (χ0v) is 6.53. The van der Waals surface area contributed by atoms with Crippen LogP contribution in [0.25, 0.3) is 0 Å². The number of rotatable bonds is 2. The highest BCUT2D eigenvalue weighted by Gasteiger charge is 2.06. The van der Waals surface area contributed by atoms with E-state index in [0.717, 1.165) is 0 Å². The summed E-state index contributed by atoms with van der Waals surface area (Å²) in [6.45, 7) is 0. The van der Waals surface area contributed by atoms with Crippen LogP contribution in [-0.2, 0) is 0 Å². The van der Waals surface area contributed by atoms with E-state index in [1.807, 2.05) is 0 Å². The third kappa shape index (κ3) is 1.45. The number of aromatic nitrogens is 1. The van der Waals surface area contributed by atoms with Gasteiger partial charge in [-0.15, -0.1) is 0 Å². The van der Waals surface area contributed by atoms with E-state index >= 15 is 0 Å². The number of hydrogen-bond donors (Lipinski definition) is 3. The molecule has 4 N–H and O–H groups in total. The lowest BCUT2D eigenvalue weighted by Gasteiger charge is -2.02. The molecule has 12 heavy (non-hydrogen) atoms. The smallest absolute Gasteiger partial charge is 0.225 e. The van der Waals surface area contributed by atoms with Gasteiger partial charge in [-0.3, -0.25) is 5.41 Å². The molecule has 0 aromatic carbocycles. The van der Waals surface area contributed by atoms with Crippen LogP contribution >= 0.6 is 0 Å².